The lowest BCUT2D eigenvalue weighted by molar-refractivity contribution is 0.100. The van der Waals surface area contributed by atoms with Gasteiger partial charge in [0.2, 0.25) is 5.95 Å². The van der Waals surface area contributed by atoms with Gasteiger partial charge in [0.1, 0.15) is 5.75 Å². The zero-order valence-electron chi connectivity index (χ0n) is 20.6. The lowest BCUT2D eigenvalue weighted by atomic mass is 9.94. The van der Waals surface area contributed by atoms with E-state index in [0.717, 1.165) is 51.4 Å². The first-order valence-corrected chi connectivity index (χ1v) is 14.3. The van der Waals surface area contributed by atoms with E-state index in [0.29, 0.717) is 17.9 Å². The van der Waals surface area contributed by atoms with Crippen molar-refractivity contribution in [2.24, 2.45) is 10.3 Å². The normalized spacial score (nSPS) is 17.4. The third kappa shape index (κ3) is 6.13. The molecular formula is C25H35N5O3S. The molecule has 1 saturated heterocycles. The standard InChI is InChI=1S/C25H35N5O3S/c1-18(2)5-8-22(20-7-6-19-9-14-33-23(19)15-20)29-10-12-30(13-11-29)25-26-16-21(17-27-25)24(31)28-34(3,4)32/h6-7,15-18,22H,5,8-14H2,1-4H3. The van der Waals surface area contributed by atoms with Crippen LogP contribution in [-0.2, 0) is 16.1 Å². The summed E-state index contributed by atoms with van der Waals surface area (Å²) in [5, 5.41) is 0. The highest BCUT2D eigenvalue weighted by molar-refractivity contribution is 7.92. The van der Waals surface area contributed by atoms with Gasteiger partial charge in [-0.25, -0.2) is 14.2 Å². The van der Waals surface area contributed by atoms with Crippen molar-refractivity contribution in [1.82, 2.24) is 14.9 Å². The number of rotatable bonds is 7. The SMILES string of the molecule is CC(C)CCC(c1ccc2c(c1)OCC2)N1CCN(c2ncc(C(=O)N=S(C)(C)=O)cn2)CC1. The van der Waals surface area contributed by atoms with Crippen molar-refractivity contribution in [3.63, 3.8) is 0 Å². The van der Waals surface area contributed by atoms with Crippen LogP contribution in [0.1, 0.15) is 54.2 Å². The highest BCUT2D eigenvalue weighted by Gasteiger charge is 2.27. The molecule has 0 radical (unpaired) electrons. The number of ether oxygens (including phenoxy) is 1. The van der Waals surface area contributed by atoms with Crippen molar-refractivity contribution in [1.29, 1.82) is 0 Å². The summed E-state index contributed by atoms with van der Waals surface area (Å²) in [5.74, 6) is 1.76. The molecule has 8 nitrogen and oxygen atoms in total. The number of aromatic nitrogens is 2. The second-order valence-electron chi connectivity index (χ2n) is 9.83. The Morgan fingerprint density at radius 2 is 1.82 bits per heavy atom. The van der Waals surface area contributed by atoms with Gasteiger partial charge in [0.25, 0.3) is 5.91 Å². The Morgan fingerprint density at radius 1 is 1.12 bits per heavy atom. The summed E-state index contributed by atoms with van der Waals surface area (Å²) in [6, 6.07) is 7.11. The number of amides is 1. The highest BCUT2D eigenvalue weighted by Crippen LogP contribution is 2.34. The smallest absolute Gasteiger partial charge is 0.288 e. The number of piperazine rings is 1. The van der Waals surface area contributed by atoms with Gasteiger partial charge in [0, 0.05) is 73.3 Å². The molecule has 0 bridgehead atoms. The minimum atomic E-state index is -2.51. The average Bonchev–Trinajstić information content (AvgIpc) is 3.26. The molecule has 9 heteroatoms. The number of carbonyl (C=O) groups excluding carboxylic acids is 1. The molecule has 184 valence electrons. The third-order valence-electron chi connectivity index (χ3n) is 6.35. The first-order valence-electron chi connectivity index (χ1n) is 12.0. The summed E-state index contributed by atoms with van der Waals surface area (Å²) in [6.45, 7) is 8.78. The Balaban J connectivity index is 1.43. The van der Waals surface area contributed by atoms with Gasteiger partial charge < -0.3 is 9.64 Å². The molecule has 2 aromatic rings. The van der Waals surface area contributed by atoms with Crippen LogP contribution in [0.3, 0.4) is 0 Å². The number of carbonyl (C=O) groups is 1. The number of benzene rings is 1. The van der Waals surface area contributed by atoms with Gasteiger partial charge in [-0.1, -0.05) is 26.0 Å². The van der Waals surface area contributed by atoms with Gasteiger partial charge in [-0.05, 0) is 36.0 Å². The van der Waals surface area contributed by atoms with Crippen molar-refractivity contribution in [3.8, 4) is 5.75 Å². The number of hydrogen-bond donors (Lipinski definition) is 0. The van der Waals surface area contributed by atoms with Gasteiger partial charge in [-0.2, -0.15) is 4.36 Å². The molecule has 1 amide bonds. The predicted molar refractivity (Wildman–Crippen MR) is 135 cm³/mol. The van der Waals surface area contributed by atoms with Crippen LogP contribution in [0.2, 0.25) is 0 Å². The number of nitrogens with zero attached hydrogens (tertiary/aromatic N) is 5. The fourth-order valence-electron chi connectivity index (χ4n) is 4.52. The summed E-state index contributed by atoms with van der Waals surface area (Å²) >= 11 is 0. The van der Waals surface area contributed by atoms with Crippen molar-refractivity contribution < 1.29 is 13.7 Å². The minimum Gasteiger partial charge on any atom is -0.493 e. The van der Waals surface area contributed by atoms with Gasteiger partial charge in [-0.3, -0.25) is 9.69 Å². The van der Waals surface area contributed by atoms with Crippen LogP contribution in [0, 0.1) is 5.92 Å². The second-order valence-corrected chi connectivity index (χ2v) is 12.4. The summed E-state index contributed by atoms with van der Waals surface area (Å²) < 4.78 is 21.3. The van der Waals surface area contributed by atoms with Crippen LogP contribution < -0.4 is 9.64 Å². The predicted octanol–water partition coefficient (Wildman–Crippen LogP) is 3.58. The average molecular weight is 486 g/mol. The van der Waals surface area contributed by atoms with Crippen molar-refractivity contribution in [3.05, 3.63) is 47.3 Å². The van der Waals surface area contributed by atoms with E-state index >= 15 is 0 Å². The van der Waals surface area contributed by atoms with E-state index < -0.39 is 15.6 Å². The lowest BCUT2D eigenvalue weighted by Gasteiger charge is -2.40. The van der Waals surface area contributed by atoms with Crippen molar-refractivity contribution in [2.75, 3.05) is 50.2 Å². The van der Waals surface area contributed by atoms with E-state index in [1.165, 1.54) is 42.5 Å². The number of anilines is 1. The van der Waals surface area contributed by atoms with Crippen molar-refractivity contribution >= 4 is 21.6 Å². The molecule has 0 N–H and O–H groups in total. The highest BCUT2D eigenvalue weighted by atomic mass is 32.2. The van der Waals surface area contributed by atoms with Crippen LogP contribution >= 0.6 is 0 Å². The van der Waals surface area contributed by atoms with E-state index in [4.69, 9.17) is 4.74 Å². The summed E-state index contributed by atoms with van der Waals surface area (Å²) in [4.78, 5) is 25.6. The molecule has 0 spiro atoms. The third-order valence-corrected chi connectivity index (χ3v) is 6.95. The molecule has 34 heavy (non-hydrogen) atoms. The Labute approximate surface area is 202 Å². The largest absolute Gasteiger partial charge is 0.493 e. The van der Waals surface area contributed by atoms with Gasteiger partial charge in [-0.15, -0.1) is 0 Å². The monoisotopic (exact) mass is 485 g/mol. The summed E-state index contributed by atoms with van der Waals surface area (Å²) in [6.07, 6.45) is 9.11. The maximum Gasteiger partial charge on any atom is 0.288 e. The van der Waals surface area contributed by atoms with Gasteiger partial charge in [0.15, 0.2) is 0 Å². The first kappa shape index (κ1) is 24.6. The molecule has 3 heterocycles. The summed E-state index contributed by atoms with van der Waals surface area (Å²) in [7, 11) is -2.51. The topological polar surface area (TPSA) is 88.0 Å². The van der Waals surface area contributed by atoms with Crippen LogP contribution in [0.5, 0.6) is 5.75 Å². The van der Waals surface area contributed by atoms with Crippen LogP contribution in [0.4, 0.5) is 5.95 Å². The Kier molecular flexibility index (Phi) is 7.52. The number of hydrogen-bond acceptors (Lipinski definition) is 7. The Morgan fingerprint density at radius 3 is 2.47 bits per heavy atom. The molecule has 1 aromatic carbocycles. The fraction of sp³-hybridized carbons (Fsp3) is 0.560. The van der Waals surface area contributed by atoms with Crippen LogP contribution in [0.25, 0.3) is 0 Å². The van der Waals surface area contributed by atoms with Crippen LogP contribution in [0.15, 0.2) is 35.0 Å². The Hall–Kier alpha value is -2.52. The van der Waals surface area contributed by atoms with E-state index in [-0.39, 0.29) is 5.56 Å². The van der Waals surface area contributed by atoms with Gasteiger partial charge in [0.05, 0.1) is 12.2 Å². The second kappa shape index (κ2) is 10.4. The van der Waals surface area contributed by atoms with Crippen molar-refractivity contribution in [2.45, 2.75) is 39.2 Å². The fourth-order valence-corrected chi connectivity index (χ4v) is 5.03. The molecule has 2 aliphatic rings. The molecule has 1 aromatic heterocycles. The molecule has 1 fully saturated rings. The molecule has 1 unspecified atom stereocenters. The maximum absolute atomic E-state index is 12.1. The number of fused-ring (bicyclic) bond motifs is 1. The Bertz CT molecular complexity index is 1130. The molecule has 1 atom stereocenters. The van der Waals surface area contributed by atoms with E-state index in [1.807, 2.05) is 0 Å². The first-order chi connectivity index (χ1) is 16.2. The lowest BCUT2D eigenvalue weighted by Crippen LogP contribution is -2.48. The quantitative estimate of drug-likeness (QED) is 0.592. The van der Waals surface area contributed by atoms with E-state index in [2.05, 4.69) is 56.2 Å². The molecule has 0 saturated carbocycles. The zero-order chi connectivity index (χ0) is 24.3. The zero-order valence-corrected chi connectivity index (χ0v) is 21.4. The molecule has 4 rings (SSSR count). The van der Waals surface area contributed by atoms with E-state index in [9.17, 15) is 9.00 Å². The molecule has 2 aliphatic heterocycles. The maximum atomic E-state index is 12.1. The van der Waals surface area contributed by atoms with Gasteiger partial charge >= 0.3 is 0 Å². The molecule has 0 aliphatic carbocycles. The molecular weight excluding hydrogens is 450 g/mol. The van der Waals surface area contributed by atoms with Crippen LogP contribution in [-0.4, -0.2) is 70.3 Å². The summed E-state index contributed by atoms with van der Waals surface area (Å²) in [5.41, 5.74) is 2.90. The minimum absolute atomic E-state index is 0.256. The van der Waals surface area contributed by atoms with E-state index in [1.54, 1.807) is 0 Å².